The molecule has 0 aliphatic rings. The number of hydrogen-bond acceptors (Lipinski definition) is 4. The van der Waals surface area contributed by atoms with Crippen molar-refractivity contribution in [1.82, 2.24) is 19.1 Å². The van der Waals surface area contributed by atoms with Crippen LogP contribution in [0.15, 0.2) is 9.59 Å². The number of aryl methyl sites for hydroxylation is 1. The van der Waals surface area contributed by atoms with Crippen molar-refractivity contribution in [2.24, 2.45) is 19.8 Å². The SMILES string of the molecule is Cn1c(=O)c2[nH]c(C(N)=O)nc2n(C)c1=O. The number of aromatic nitrogens is 4. The van der Waals surface area contributed by atoms with Gasteiger partial charge in [0.25, 0.3) is 11.5 Å². The van der Waals surface area contributed by atoms with E-state index in [1.165, 1.54) is 18.7 Å². The van der Waals surface area contributed by atoms with Gasteiger partial charge in [0.05, 0.1) is 0 Å². The normalized spacial score (nSPS) is 10.9. The van der Waals surface area contributed by atoms with Gasteiger partial charge in [0.1, 0.15) is 0 Å². The largest absolute Gasteiger partial charge is 0.363 e. The Kier molecular flexibility index (Phi) is 1.94. The van der Waals surface area contributed by atoms with Crippen molar-refractivity contribution >= 4 is 17.1 Å². The first-order valence-electron chi connectivity index (χ1n) is 4.39. The van der Waals surface area contributed by atoms with Crippen LogP contribution in [0.5, 0.6) is 0 Å². The van der Waals surface area contributed by atoms with E-state index < -0.39 is 17.2 Å². The average Bonchev–Trinajstić information content (AvgIpc) is 2.68. The number of hydrogen-bond donors (Lipinski definition) is 2. The molecule has 8 heteroatoms. The molecule has 1 amide bonds. The van der Waals surface area contributed by atoms with E-state index in [0.717, 1.165) is 4.57 Å². The van der Waals surface area contributed by atoms with E-state index in [1.807, 2.05) is 0 Å². The van der Waals surface area contributed by atoms with Gasteiger partial charge in [-0.2, -0.15) is 0 Å². The topological polar surface area (TPSA) is 116 Å². The number of imidazole rings is 1. The molecular formula is C8H9N5O3. The summed E-state index contributed by atoms with van der Waals surface area (Å²) in [6, 6.07) is 0. The van der Waals surface area contributed by atoms with Crippen LogP contribution in [0, 0.1) is 0 Å². The Balaban J connectivity index is 3.04. The highest BCUT2D eigenvalue weighted by Gasteiger charge is 2.15. The van der Waals surface area contributed by atoms with Crippen molar-refractivity contribution in [3.8, 4) is 0 Å². The Bertz CT molecular complexity index is 705. The third-order valence-corrected chi connectivity index (χ3v) is 2.33. The summed E-state index contributed by atoms with van der Waals surface area (Å²) in [5, 5.41) is 0. The van der Waals surface area contributed by atoms with Gasteiger partial charge in [0, 0.05) is 14.1 Å². The van der Waals surface area contributed by atoms with Gasteiger partial charge in [-0.15, -0.1) is 0 Å². The van der Waals surface area contributed by atoms with Crippen LogP contribution in [-0.2, 0) is 14.1 Å². The van der Waals surface area contributed by atoms with Crippen molar-refractivity contribution in [3.63, 3.8) is 0 Å². The number of nitrogens with zero attached hydrogens (tertiary/aromatic N) is 3. The molecule has 8 nitrogen and oxygen atoms in total. The number of nitrogens with two attached hydrogens (primary N) is 1. The Hall–Kier alpha value is -2.38. The minimum atomic E-state index is -0.786. The molecular weight excluding hydrogens is 214 g/mol. The quantitative estimate of drug-likeness (QED) is 0.585. The zero-order valence-corrected chi connectivity index (χ0v) is 8.64. The lowest BCUT2D eigenvalue weighted by Gasteiger charge is -2.00. The second-order valence-corrected chi connectivity index (χ2v) is 3.35. The van der Waals surface area contributed by atoms with Gasteiger partial charge in [-0.05, 0) is 0 Å². The lowest BCUT2D eigenvalue weighted by Crippen LogP contribution is -2.36. The first-order chi connectivity index (χ1) is 7.43. The van der Waals surface area contributed by atoms with Crippen LogP contribution in [0.2, 0.25) is 0 Å². The summed E-state index contributed by atoms with van der Waals surface area (Å²) in [7, 11) is 2.80. The average molecular weight is 223 g/mol. The maximum absolute atomic E-state index is 11.7. The minimum Gasteiger partial charge on any atom is -0.363 e. The number of carbonyl (C=O) groups is 1. The van der Waals surface area contributed by atoms with Crippen molar-refractivity contribution in [1.29, 1.82) is 0 Å². The maximum atomic E-state index is 11.7. The van der Waals surface area contributed by atoms with Crippen LogP contribution < -0.4 is 17.0 Å². The van der Waals surface area contributed by atoms with Crippen molar-refractivity contribution in [3.05, 3.63) is 26.7 Å². The maximum Gasteiger partial charge on any atom is 0.332 e. The molecule has 16 heavy (non-hydrogen) atoms. The summed E-state index contributed by atoms with van der Waals surface area (Å²) >= 11 is 0. The van der Waals surface area contributed by atoms with Gasteiger partial charge in [-0.1, -0.05) is 0 Å². The highest BCUT2D eigenvalue weighted by molar-refractivity contribution is 5.92. The van der Waals surface area contributed by atoms with E-state index >= 15 is 0 Å². The first-order valence-corrected chi connectivity index (χ1v) is 4.39. The van der Waals surface area contributed by atoms with Gasteiger partial charge >= 0.3 is 5.69 Å². The fourth-order valence-electron chi connectivity index (χ4n) is 1.44. The number of rotatable bonds is 1. The number of fused-ring (bicyclic) bond motifs is 1. The fourth-order valence-corrected chi connectivity index (χ4v) is 1.44. The molecule has 0 atom stereocenters. The number of primary amides is 1. The Labute approximate surface area is 88.3 Å². The Morgan fingerprint density at radius 2 is 1.94 bits per heavy atom. The molecule has 0 aliphatic carbocycles. The highest BCUT2D eigenvalue weighted by Crippen LogP contribution is 2.02. The molecule has 2 heterocycles. The van der Waals surface area contributed by atoms with Crippen LogP contribution in [-0.4, -0.2) is 25.0 Å². The van der Waals surface area contributed by atoms with Crippen LogP contribution in [0.25, 0.3) is 11.2 Å². The Morgan fingerprint density at radius 1 is 1.31 bits per heavy atom. The second-order valence-electron chi connectivity index (χ2n) is 3.35. The van der Waals surface area contributed by atoms with E-state index in [9.17, 15) is 14.4 Å². The second kappa shape index (κ2) is 3.05. The van der Waals surface area contributed by atoms with Crippen molar-refractivity contribution in [2.75, 3.05) is 0 Å². The molecule has 0 saturated carbocycles. The molecule has 0 radical (unpaired) electrons. The number of H-pyrrole nitrogens is 1. The van der Waals surface area contributed by atoms with Crippen molar-refractivity contribution in [2.45, 2.75) is 0 Å². The standard InChI is InChI=1S/C8H9N5O3/c1-12-6-3(7(15)13(2)8(12)16)10-5(11-6)4(9)14/h1-2H3,(H2,9,14)(H,10,11). The smallest absolute Gasteiger partial charge is 0.332 e. The molecule has 0 aromatic carbocycles. The first kappa shape index (κ1) is 10.1. The van der Waals surface area contributed by atoms with Gasteiger partial charge < -0.3 is 10.7 Å². The van der Waals surface area contributed by atoms with E-state index in [2.05, 4.69) is 9.97 Å². The summed E-state index contributed by atoms with van der Waals surface area (Å²) in [6.45, 7) is 0. The summed E-state index contributed by atoms with van der Waals surface area (Å²) in [5.74, 6) is -0.931. The zero-order chi connectivity index (χ0) is 12.0. The molecule has 3 N–H and O–H groups in total. The molecule has 0 saturated heterocycles. The molecule has 0 aliphatic heterocycles. The van der Waals surface area contributed by atoms with Crippen LogP contribution >= 0.6 is 0 Å². The molecule has 0 fully saturated rings. The predicted octanol–water partition coefficient (Wildman–Crippen LogP) is -1.94. The Morgan fingerprint density at radius 3 is 2.50 bits per heavy atom. The van der Waals surface area contributed by atoms with E-state index in [0.29, 0.717) is 0 Å². The van der Waals surface area contributed by atoms with Gasteiger partial charge in [0.15, 0.2) is 17.0 Å². The number of carbonyl (C=O) groups excluding carboxylic acids is 1. The van der Waals surface area contributed by atoms with Crippen LogP contribution in [0.3, 0.4) is 0 Å². The van der Waals surface area contributed by atoms with Crippen molar-refractivity contribution < 1.29 is 4.79 Å². The van der Waals surface area contributed by atoms with Crippen LogP contribution in [0.1, 0.15) is 10.6 Å². The lowest BCUT2D eigenvalue weighted by molar-refractivity contribution is 0.0991. The van der Waals surface area contributed by atoms with E-state index in [-0.39, 0.29) is 17.0 Å². The molecule has 2 aromatic heterocycles. The van der Waals surface area contributed by atoms with Gasteiger partial charge in [-0.25, -0.2) is 9.78 Å². The fraction of sp³-hybridized carbons (Fsp3) is 0.250. The molecule has 2 rings (SSSR count). The molecule has 0 unspecified atom stereocenters. The monoisotopic (exact) mass is 223 g/mol. The van der Waals surface area contributed by atoms with E-state index in [1.54, 1.807) is 0 Å². The number of nitrogens with one attached hydrogen (secondary N) is 1. The van der Waals surface area contributed by atoms with Crippen LogP contribution in [0.4, 0.5) is 0 Å². The van der Waals surface area contributed by atoms with Gasteiger partial charge in [-0.3, -0.25) is 18.7 Å². The third-order valence-electron chi connectivity index (χ3n) is 2.33. The third kappa shape index (κ3) is 1.16. The highest BCUT2D eigenvalue weighted by atomic mass is 16.2. The molecule has 0 bridgehead atoms. The number of amides is 1. The number of aromatic amines is 1. The molecule has 84 valence electrons. The molecule has 0 spiro atoms. The predicted molar refractivity (Wildman–Crippen MR) is 55.1 cm³/mol. The zero-order valence-electron chi connectivity index (χ0n) is 8.64. The summed E-state index contributed by atoms with van der Waals surface area (Å²) in [5.41, 5.74) is 4.16. The van der Waals surface area contributed by atoms with Gasteiger partial charge in [0.2, 0.25) is 0 Å². The lowest BCUT2D eigenvalue weighted by atomic mass is 10.5. The van der Waals surface area contributed by atoms with E-state index in [4.69, 9.17) is 5.73 Å². The minimum absolute atomic E-state index is 0.0819. The summed E-state index contributed by atoms with van der Waals surface area (Å²) < 4.78 is 2.09. The summed E-state index contributed by atoms with van der Waals surface area (Å²) in [4.78, 5) is 40.4. The summed E-state index contributed by atoms with van der Waals surface area (Å²) in [6.07, 6.45) is 0. The molecule has 2 aromatic rings.